The van der Waals surface area contributed by atoms with Gasteiger partial charge in [-0.15, -0.1) is 0 Å². The van der Waals surface area contributed by atoms with Gasteiger partial charge < -0.3 is 20.6 Å². The molecule has 0 saturated heterocycles. The van der Waals surface area contributed by atoms with Crippen molar-refractivity contribution in [2.45, 2.75) is 38.9 Å². The van der Waals surface area contributed by atoms with Crippen LogP contribution >= 0.6 is 0 Å². The van der Waals surface area contributed by atoms with Crippen molar-refractivity contribution in [3.05, 3.63) is 59.7 Å². The van der Waals surface area contributed by atoms with Crippen molar-refractivity contribution in [2.24, 2.45) is 5.92 Å². The van der Waals surface area contributed by atoms with Gasteiger partial charge in [0.1, 0.15) is 6.04 Å². The minimum absolute atomic E-state index is 0.0279. The van der Waals surface area contributed by atoms with E-state index in [0.717, 1.165) is 23.5 Å². The van der Waals surface area contributed by atoms with E-state index in [2.05, 4.69) is 45.9 Å². The molecule has 0 aromatic heterocycles. The van der Waals surface area contributed by atoms with Crippen molar-refractivity contribution < 1.29 is 9.90 Å². The Kier molecular flexibility index (Phi) is 6.01. The summed E-state index contributed by atoms with van der Waals surface area (Å²) in [6.07, 6.45) is 0.617. The van der Waals surface area contributed by atoms with Gasteiger partial charge in [0, 0.05) is 25.0 Å². The zero-order chi connectivity index (χ0) is 19.4. The summed E-state index contributed by atoms with van der Waals surface area (Å²) in [5, 5.41) is 16.1. The van der Waals surface area contributed by atoms with E-state index >= 15 is 0 Å². The number of anilines is 2. The number of hydrogen-bond donors (Lipinski definition) is 3. The minimum atomic E-state index is -0.275. The van der Waals surface area contributed by atoms with Gasteiger partial charge in [0.05, 0.1) is 12.6 Å². The fraction of sp³-hybridized carbons (Fsp3) is 0.409. The topological polar surface area (TPSA) is 64.6 Å². The van der Waals surface area contributed by atoms with Crippen molar-refractivity contribution in [1.82, 2.24) is 5.32 Å². The number of rotatable bonds is 5. The second-order valence-electron chi connectivity index (χ2n) is 7.57. The lowest BCUT2D eigenvalue weighted by Gasteiger charge is -2.37. The molecule has 0 radical (unpaired) electrons. The second kappa shape index (κ2) is 8.44. The molecule has 0 saturated carbocycles. The molecule has 2 atom stereocenters. The number of amides is 1. The molecule has 5 nitrogen and oxygen atoms in total. The lowest BCUT2D eigenvalue weighted by molar-refractivity contribution is -0.124. The van der Waals surface area contributed by atoms with E-state index < -0.39 is 0 Å². The molecule has 2 aromatic carbocycles. The van der Waals surface area contributed by atoms with E-state index in [-0.39, 0.29) is 30.5 Å². The van der Waals surface area contributed by atoms with E-state index in [1.54, 1.807) is 0 Å². The number of nitrogens with zero attached hydrogens (tertiary/aromatic N) is 1. The van der Waals surface area contributed by atoms with Crippen LogP contribution in [0, 0.1) is 5.92 Å². The molecule has 1 aliphatic rings. The first-order chi connectivity index (χ1) is 13.0. The van der Waals surface area contributed by atoms with Gasteiger partial charge in [-0.2, -0.15) is 0 Å². The van der Waals surface area contributed by atoms with E-state index in [1.807, 2.05) is 39.1 Å². The van der Waals surface area contributed by atoms with Gasteiger partial charge >= 0.3 is 0 Å². The number of benzene rings is 2. The second-order valence-corrected chi connectivity index (χ2v) is 7.57. The number of carbonyl (C=O) groups excluding carboxylic acids is 1. The first kappa shape index (κ1) is 19.2. The Morgan fingerprint density at radius 2 is 1.96 bits per heavy atom. The third kappa shape index (κ3) is 4.42. The predicted molar refractivity (Wildman–Crippen MR) is 110 cm³/mol. The molecule has 2 unspecified atom stereocenters. The zero-order valence-corrected chi connectivity index (χ0v) is 16.3. The van der Waals surface area contributed by atoms with Crippen molar-refractivity contribution in [2.75, 3.05) is 23.9 Å². The fourth-order valence-corrected chi connectivity index (χ4v) is 3.76. The summed E-state index contributed by atoms with van der Waals surface area (Å²) in [5.74, 6) is 0.126. The molecule has 0 aliphatic carbocycles. The number of fused-ring (bicyclic) bond motifs is 1. The summed E-state index contributed by atoms with van der Waals surface area (Å²) in [4.78, 5) is 14.8. The van der Waals surface area contributed by atoms with Gasteiger partial charge in [0.25, 0.3) is 0 Å². The van der Waals surface area contributed by atoms with Crippen LogP contribution in [0.2, 0.25) is 0 Å². The number of hydrogen-bond acceptors (Lipinski definition) is 4. The maximum atomic E-state index is 12.7. The first-order valence-corrected chi connectivity index (χ1v) is 9.54. The molecule has 1 heterocycles. The van der Waals surface area contributed by atoms with Gasteiger partial charge in [0.15, 0.2) is 0 Å². The smallest absolute Gasteiger partial charge is 0.243 e. The normalized spacial score (nSPS) is 19.9. The van der Waals surface area contributed by atoms with Crippen LogP contribution < -0.4 is 15.5 Å². The molecule has 0 fully saturated rings. The number of nitrogens with one attached hydrogen (secondary N) is 2. The van der Waals surface area contributed by atoms with Crippen LogP contribution in [-0.2, 0) is 17.8 Å². The Morgan fingerprint density at radius 3 is 2.63 bits per heavy atom. The van der Waals surface area contributed by atoms with Crippen molar-refractivity contribution in [3.63, 3.8) is 0 Å². The molecule has 0 spiro atoms. The number of likely N-dealkylation sites (N-methyl/N-ethyl adjacent to an activating group) is 1. The van der Waals surface area contributed by atoms with E-state index in [9.17, 15) is 9.90 Å². The molecule has 0 bridgehead atoms. The van der Waals surface area contributed by atoms with Gasteiger partial charge in [-0.3, -0.25) is 4.79 Å². The molecular formula is C22H29N3O2. The van der Waals surface area contributed by atoms with Gasteiger partial charge in [0.2, 0.25) is 5.91 Å². The van der Waals surface area contributed by atoms with Crippen LogP contribution in [0.1, 0.15) is 25.0 Å². The van der Waals surface area contributed by atoms with Crippen molar-refractivity contribution in [1.29, 1.82) is 0 Å². The van der Waals surface area contributed by atoms with E-state index in [4.69, 9.17) is 0 Å². The first-order valence-electron chi connectivity index (χ1n) is 9.54. The van der Waals surface area contributed by atoms with Crippen LogP contribution in [0.15, 0.2) is 48.5 Å². The molecule has 3 N–H and O–H groups in total. The maximum absolute atomic E-state index is 12.7. The highest BCUT2D eigenvalue weighted by Gasteiger charge is 2.32. The lowest BCUT2D eigenvalue weighted by atomic mass is 9.95. The molecule has 2 aromatic rings. The quantitative estimate of drug-likeness (QED) is 0.760. The highest BCUT2D eigenvalue weighted by Crippen LogP contribution is 2.30. The highest BCUT2D eigenvalue weighted by atomic mass is 16.3. The third-order valence-corrected chi connectivity index (χ3v) is 5.16. The Labute approximate surface area is 161 Å². The van der Waals surface area contributed by atoms with Crippen LogP contribution in [0.5, 0.6) is 0 Å². The van der Waals surface area contributed by atoms with Crippen LogP contribution in [0.3, 0.4) is 0 Å². The zero-order valence-electron chi connectivity index (χ0n) is 16.3. The Morgan fingerprint density at radius 1 is 1.22 bits per heavy atom. The predicted octanol–water partition coefficient (Wildman–Crippen LogP) is 2.79. The van der Waals surface area contributed by atoms with Crippen LogP contribution in [0.25, 0.3) is 0 Å². The average molecular weight is 367 g/mol. The highest BCUT2D eigenvalue weighted by molar-refractivity contribution is 5.87. The van der Waals surface area contributed by atoms with Crippen LogP contribution in [0.4, 0.5) is 11.4 Å². The molecule has 3 rings (SSSR count). The molecule has 27 heavy (non-hydrogen) atoms. The number of aliphatic hydroxyl groups excluding tert-OH is 1. The van der Waals surface area contributed by atoms with Gasteiger partial charge in [-0.05, 0) is 35.6 Å². The Bertz CT molecular complexity index is 776. The average Bonchev–Trinajstić information content (AvgIpc) is 2.66. The van der Waals surface area contributed by atoms with Crippen LogP contribution in [-0.4, -0.2) is 36.8 Å². The molecule has 1 aliphatic heterocycles. The molecule has 5 heteroatoms. The summed E-state index contributed by atoms with van der Waals surface area (Å²) in [6, 6.07) is 16.0. The molecule has 1 amide bonds. The lowest BCUT2D eigenvalue weighted by Crippen LogP contribution is -2.54. The van der Waals surface area contributed by atoms with Gasteiger partial charge in [-0.25, -0.2) is 0 Å². The van der Waals surface area contributed by atoms with Gasteiger partial charge in [-0.1, -0.05) is 50.2 Å². The standard InChI is InChI=1S/C22H29N3O2/c1-15(2)21-22(27)24-19(14-26)11-17-9-10-18(12-20(17)25(21)3)23-13-16-7-5-4-6-8-16/h4-10,12,15,19,21,23,26H,11,13-14H2,1-3H3,(H,24,27). The summed E-state index contributed by atoms with van der Waals surface area (Å²) in [7, 11) is 1.98. The number of aliphatic hydroxyl groups is 1. The Balaban J connectivity index is 1.89. The molecular weight excluding hydrogens is 338 g/mol. The third-order valence-electron chi connectivity index (χ3n) is 5.16. The Hall–Kier alpha value is -2.53. The maximum Gasteiger partial charge on any atom is 0.243 e. The SMILES string of the molecule is CC(C)C1C(=O)NC(CO)Cc2ccc(NCc3ccccc3)cc2N1C. The molecule has 144 valence electrons. The summed E-state index contributed by atoms with van der Waals surface area (Å²) >= 11 is 0. The monoisotopic (exact) mass is 367 g/mol. The van der Waals surface area contributed by atoms with E-state index in [0.29, 0.717) is 6.42 Å². The fourth-order valence-electron chi connectivity index (χ4n) is 3.76. The summed E-state index contributed by atoms with van der Waals surface area (Å²) in [6.45, 7) is 4.78. The van der Waals surface area contributed by atoms with E-state index in [1.165, 1.54) is 5.56 Å². The van der Waals surface area contributed by atoms with Crippen molar-refractivity contribution >= 4 is 17.3 Å². The largest absolute Gasteiger partial charge is 0.394 e. The summed E-state index contributed by atoms with van der Waals surface area (Å²) < 4.78 is 0. The van der Waals surface area contributed by atoms with Crippen molar-refractivity contribution in [3.8, 4) is 0 Å². The number of carbonyl (C=O) groups is 1. The minimum Gasteiger partial charge on any atom is -0.394 e. The summed E-state index contributed by atoms with van der Waals surface area (Å²) in [5.41, 5.74) is 4.42.